The van der Waals surface area contributed by atoms with Gasteiger partial charge in [0.15, 0.2) is 4.77 Å². The maximum Gasteiger partial charge on any atom is 0.215 e. The van der Waals surface area contributed by atoms with E-state index >= 15 is 0 Å². The Kier molecular flexibility index (Phi) is 3.57. The van der Waals surface area contributed by atoms with Crippen molar-refractivity contribution in [2.24, 2.45) is 0 Å². The summed E-state index contributed by atoms with van der Waals surface area (Å²) in [6.07, 6.45) is 1.61. The summed E-state index contributed by atoms with van der Waals surface area (Å²) < 4.78 is 3.87. The second-order valence-corrected chi connectivity index (χ2v) is 5.54. The summed E-state index contributed by atoms with van der Waals surface area (Å²) in [6, 6.07) is 15.2. The van der Waals surface area contributed by atoms with Crippen molar-refractivity contribution < 1.29 is 5.11 Å². The van der Waals surface area contributed by atoms with Crippen molar-refractivity contribution in [2.75, 3.05) is 0 Å². The summed E-state index contributed by atoms with van der Waals surface area (Å²) in [7, 11) is 0. The lowest BCUT2D eigenvalue weighted by atomic mass is 10.2. The first-order valence-corrected chi connectivity index (χ1v) is 7.22. The van der Waals surface area contributed by atoms with Gasteiger partial charge in [0.25, 0.3) is 0 Å². The molecule has 1 N–H and O–H groups in total. The van der Waals surface area contributed by atoms with Crippen LogP contribution in [0.15, 0.2) is 54.7 Å². The van der Waals surface area contributed by atoms with Gasteiger partial charge in [-0.2, -0.15) is 0 Å². The number of halogens is 1. The van der Waals surface area contributed by atoms with Crippen LogP contribution in [0.3, 0.4) is 0 Å². The second kappa shape index (κ2) is 5.39. The molecule has 0 amide bonds. The third kappa shape index (κ3) is 2.48. The zero-order chi connectivity index (χ0) is 15.0. The molecule has 1 heterocycles. The first-order valence-electron chi connectivity index (χ1n) is 6.43. The fourth-order valence-electron chi connectivity index (χ4n) is 2.26. The smallest absolute Gasteiger partial charge is 0.215 e. The molecule has 0 aliphatic rings. The largest absolute Gasteiger partial charge is 0.493 e. The molecule has 1 aromatic heterocycles. The van der Waals surface area contributed by atoms with Crippen molar-refractivity contribution in [3.63, 3.8) is 0 Å². The molecule has 0 saturated heterocycles. The third-order valence-corrected chi connectivity index (χ3v) is 3.93. The summed E-state index contributed by atoms with van der Waals surface area (Å²) >= 11 is 11.6. The average Bonchev–Trinajstić information content (AvgIpc) is 2.78. The number of aryl methyl sites for hydroxylation is 1. The molecule has 21 heavy (non-hydrogen) atoms. The predicted molar refractivity (Wildman–Crippen MR) is 87.3 cm³/mol. The molecule has 0 atom stereocenters. The van der Waals surface area contributed by atoms with Crippen LogP contribution in [-0.2, 0) is 0 Å². The Labute approximate surface area is 132 Å². The fourth-order valence-corrected chi connectivity index (χ4v) is 2.77. The molecule has 106 valence electrons. The van der Waals surface area contributed by atoms with E-state index < -0.39 is 0 Å². The summed E-state index contributed by atoms with van der Waals surface area (Å²) in [4.78, 5) is 0. The Hall–Kier alpha value is -2.04. The molecule has 0 fully saturated rings. The van der Waals surface area contributed by atoms with Crippen LogP contribution >= 0.6 is 23.8 Å². The highest BCUT2D eigenvalue weighted by atomic mass is 35.5. The van der Waals surface area contributed by atoms with Gasteiger partial charge in [-0.15, -0.1) is 0 Å². The van der Waals surface area contributed by atoms with Gasteiger partial charge in [-0.3, -0.25) is 9.13 Å². The van der Waals surface area contributed by atoms with E-state index in [1.54, 1.807) is 21.4 Å². The number of hydrogen-bond donors (Lipinski definition) is 1. The number of hydrogen-bond acceptors (Lipinski definition) is 2. The third-order valence-electron chi connectivity index (χ3n) is 3.32. The Morgan fingerprint density at radius 1 is 1.10 bits per heavy atom. The Morgan fingerprint density at radius 2 is 1.81 bits per heavy atom. The van der Waals surface area contributed by atoms with Crippen LogP contribution in [0.1, 0.15) is 5.56 Å². The maximum absolute atomic E-state index is 10.3. The summed E-state index contributed by atoms with van der Waals surface area (Å²) in [5, 5.41) is 10.9. The van der Waals surface area contributed by atoms with Crippen molar-refractivity contribution in [1.29, 1.82) is 0 Å². The first-order chi connectivity index (χ1) is 10.1. The minimum Gasteiger partial charge on any atom is -0.493 e. The van der Waals surface area contributed by atoms with Crippen molar-refractivity contribution in [1.82, 2.24) is 9.13 Å². The molecular formula is C16H13ClN2OS. The van der Waals surface area contributed by atoms with Crippen molar-refractivity contribution in [3.05, 3.63) is 70.1 Å². The minimum atomic E-state index is 0.0780. The summed E-state index contributed by atoms with van der Waals surface area (Å²) in [6.45, 7) is 1.95. The van der Waals surface area contributed by atoms with E-state index in [1.807, 2.05) is 49.4 Å². The minimum absolute atomic E-state index is 0.0780. The molecule has 0 bridgehead atoms. The van der Waals surface area contributed by atoms with Crippen LogP contribution in [0.2, 0.25) is 5.02 Å². The maximum atomic E-state index is 10.3. The second-order valence-electron chi connectivity index (χ2n) is 4.74. The molecule has 0 aliphatic heterocycles. The van der Waals surface area contributed by atoms with Crippen LogP contribution in [-0.4, -0.2) is 14.2 Å². The molecule has 3 aromatic rings. The number of para-hydroxylation sites is 1. The first kappa shape index (κ1) is 13.9. The zero-order valence-corrected chi connectivity index (χ0v) is 12.9. The van der Waals surface area contributed by atoms with E-state index in [-0.39, 0.29) is 5.88 Å². The van der Waals surface area contributed by atoms with Crippen LogP contribution < -0.4 is 0 Å². The van der Waals surface area contributed by atoms with E-state index in [0.717, 1.165) is 16.9 Å². The Morgan fingerprint density at radius 3 is 2.52 bits per heavy atom. The van der Waals surface area contributed by atoms with E-state index in [4.69, 9.17) is 23.8 Å². The normalized spacial score (nSPS) is 10.8. The predicted octanol–water partition coefficient (Wildman–Crippen LogP) is 4.66. The van der Waals surface area contributed by atoms with Crippen LogP contribution in [0.25, 0.3) is 11.4 Å². The van der Waals surface area contributed by atoms with E-state index in [0.29, 0.717) is 9.79 Å². The fraction of sp³-hybridized carbons (Fsp3) is 0.0625. The number of nitrogens with zero attached hydrogens (tertiary/aromatic N) is 2. The molecule has 5 heteroatoms. The summed E-state index contributed by atoms with van der Waals surface area (Å²) in [5.41, 5.74) is 2.66. The Balaban J connectivity index is 2.24. The van der Waals surface area contributed by atoms with E-state index in [1.165, 1.54) is 0 Å². The number of aromatic hydroxyl groups is 1. The number of benzene rings is 2. The number of imidazole rings is 1. The van der Waals surface area contributed by atoms with E-state index in [9.17, 15) is 5.11 Å². The van der Waals surface area contributed by atoms with Gasteiger partial charge in [0.05, 0.1) is 11.9 Å². The van der Waals surface area contributed by atoms with Gasteiger partial charge in [0.1, 0.15) is 0 Å². The highest BCUT2D eigenvalue weighted by Crippen LogP contribution is 2.26. The topological polar surface area (TPSA) is 30.1 Å². The highest BCUT2D eigenvalue weighted by molar-refractivity contribution is 7.71. The molecule has 3 rings (SSSR count). The lowest BCUT2D eigenvalue weighted by molar-refractivity contribution is 0.441. The van der Waals surface area contributed by atoms with Crippen LogP contribution in [0.4, 0.5) is 0 Å². The van der Waals surface area contributed by atoms with Crippen LogP contribution in [0, 0.1) is 11.7 Å². The molecular weight excluding hydrogens is 304 g/mol. The average molecular weight is 317 g/mol. The molecule has 0 spiro atoms. The molecule has 0 unspecified atom stereocenters. The quantitative estimate of drug-likeness (QED) is 0.697. The van der Waals surface area contributed by atoms with Gasteiger partial charge in [0, 0.05) is 10.7 Å². The van der Waals surface area contributed by atoms with Crippen LogP contribution in [0.5, 0.6) is 5.88 Å². The van der Waals surface area contributed by atoms with Gasteiger partial charge >= 0.3 is 0 Å². The standard InChI is InChI=1S/C16H13ClN2OS/c1-11-7-8-12(17)9-14(11)19-15(20)10-18(16(19)21)13-5-3-2-4-6-13/h2-10,20H,1H3. The SMILES string of the molecule is Cc1ccc(Cl)cc1-n1c(O)cn(-c2ccccc2)c1=S. The molecule has 0 aliphatic carbocycles. The van der Waals surface area contributed by atoms with Gasteiger partial charge in [-0.1, -0.05) is 35.9 Å². The monoisotopic (exact) mass is 316 g/mol. The van der Waals surface area contributed by atoms with Gasteiger partial charge in [-0.25, -0.2) is 0 Å². The van der Waals surface area contributed by atoms with Gasteiger partial charge in [-0.05, 0) is 49.0 Å². The molecule has 0 radical (unpaired) electrons. The molecule has 3 nitrogen and oxygen atoms in total. The molecule has 0 saturated carbocycles. The number of aromatic nitrogens is 2. The molecule has 2 aromatic carbocycles. The number of rotatable bonds is 2. The van der Waals surface area contributed by atoms with Crippen molar-refractivity contribution in [2.45, 2.75) is 6.92 Å². The van der Waals surface area contributed by atoms with Crippen molar-refractivity contribution in [3.8, 4) is 17.3 Å². The van der Waals surface area contributed by atoms with Crippen molar-refractivity contribution >= 4 is 23.8 Å². The zero-order valence-electron chi connectivity index (χ0n) is 11.3. The highest BCUT2D eigenvalue weighted by Gasteiger charge is 2.12. The Bertz CT molecular complexity index is 852. The van der Waals surface area contributed by atoms with Gasteiger partial charge in [0.2, 0.25) is 5.88 Å². The lowest BCUT2D eigenvalue weighted by Crippen LogP contribution is -1.99. The lowest BCUT2D eigenvalue weighted by Gasteiger charge is -2.09. The van der Waals surface area contributed by atoms with E-state index in [2.05, 4.69) is 0 Å². The van der Waals surface area contributed by atoms with Gasteiger partial charge < -0.3 is 5.11 Å². The summed E-state index contributed by atoms with van der Waals surface area (Å²) in [5.74, 6) is 0.0780.